The minimum atomic E-state index is -1.66. The summed E-state index contributed by atoms with van der Waals surface area (Å²) in [6, 6.07) is 55.8. The largest absolute Gasteiger partial charge is 0.462 e. The highest BCUT2D eigenvalue weighted by Crippen LogP contribution is 2.39. The molecule has 0 radical (unpaired) electrons. The van der Waals surface area contributed by atoms with Crippen LogP contribution in [0.1, 0.15) is 88.8 Å². The van der Waals surface area contributed by atoms with E-state index < -0.39 is 133 Å². The number of carbonyl (C=O) groups excluding carboxylic acids is 4. The maximum atomic E-state index is 14.7. The molecule has 20 heteroatoms. The van der Waals surface area contributed by atoms with Crippen molar-refractivity contribution in [3.63, 3.8) is 0 Å². The highest BCUT2D eigenvalue weighted by atomic mass is 16.8. The highest BCUT2D eigenvalue weighted by molar-refractivity contribution is 5.76. The second kappa shape index (κ2) is 36.3. The molecule has 1 amide bonds. The molecule has 3 saturated heterocycles. The van der Waals surface area contributed by atoms with Crippen LogP contribution in [-0.2, 0) is 130 Å². The van der Waals surface area contributed by atoms with Crippen molar-refractivity contribution in [3.05, 3.63) is 228 Å². The molecule has 0 aliphatic carbocycles. The second-order valence-corrected chi connectivity index (χ2v) is 26.3. The molecule has 0 spiro atoms. The molecule has 6 aromatic rings. The summed E-state index contributed by atoms with van der Waals surface area (Å²) in [7, 11) is 0. The molecule has 0 aromatic heterocycles. The first-order valence-electron chi connectivity index (χ1n) is 33.0. The normalized spacial score (nSPS) is 25.9. The summed E-state index contributed by atoms with van der Waals surface area (Å²) in [4.78, 5) is 56.9. The number of carbonyl (C=O) groups is 4. The first kappa shape index (κ1) is 73.7. The Kier molecular flexibility index (Phi) is 27.6. The third kappa shape index (κ3) is 22.0. The zero-order valence-corrected chi connectivity index (χ0v) is 56.6. The molecule has 3 fully saturated rings. The van der Waals surface area contributed by atoms with Gasteiger partial charge in [-0.1, -0.05) is 188 Å². The average Bonchev–Trinajstić information content (AvgIpc) is 0.762. The van der Waals surface area contributed by atoms with E-state index in [1.807, 2.05) is 182 Å². The molecular formula is C77H93NO19. The summed E-state index contributed by atoms with van der Waals surface area (Å²) in [5.74, 6) is -2.67. The second-order valence-electron chi connectivity index (χ2n) is 26.3. The lowest BCUT2D eigenvalue weighted by Crippen LogP contribution is -2.71. The quantitative estimate of drug-likeness (QED) is 0.0236. The molecule has 3 heterocycles. The highest BCUT2D eigenvalue weighted by Gasteiger charge is 2.59. The van der Waals surface area contributed by atoms with Gasteiger partial charge < -0.3 is 76.4 Å². The van der Waals surface area contributed by atoms with Gasteiger partial charge in [-0.05, 0) is 74.9 Å². The van der Waals surface area contributed by atoms with E-state index in [4.69, 9.17) is 71.1 Å². The van der Waals surface area contributed by atoms with Crippen molar-refractivity contribution in [1.29, 1.82) is 0 Å². The van der Waals surface area contributed by atoms with Crippen LogP contribution in [0.2, 0.25) is 0 Å². The van der Waals surface area contributed by atoms with Crippen LogP contribution in [0.25, 0.3) is 0 Å². The maximum absolute atomic E-state index is 14.7. The molecule has 520 valence electrons. The van der Waals surface area contributed by atoms with Crippen molar-refractivity contribution in [3.8, 4) is 0 Å². The van der Waals surface area contributed by atoms with Crippen molar-refractivity contribution in [2.24, 2.45) is 10.8 Å². The minimum Gasteiger partial charge on any atom is -0.462 e. The van der Waals surface area contributed by atoms with Gasteiger partial charge in [-0.25, -0.2) is 0 Å². The molecule has 0 bridgehead atoms. The van der Waals surface area contributed by atoms with Crippen LogP contribution in [0.4, 0.5) is 0 Å². The van der Waals surface area contributed by atoms with Gasteiger partial charge in [0.05, 0.1) is 70.3 Å². The summed E-state index contributed by atoms with van der Waals surface area (Å²) in [6.45, 7) is 16.5. The Hall–Kier alpha value is -7.54. The maximum Gasteiger partial charge on any atom is 0.311 e. The summed E-state index contributed by atoms with van der Waals surface area (Å²) >= 11 is 0. The Labute approximate surface area is 569 Å². The fourth-order valence-corrected chi connectivity index (χ4v) is 11.3. The van der Waals surface area contributed by atoms with Crippen LogP contribution in [0.5, 0.6) is 0 Å². The van der Waals surface area contributed by atoms with Crippen molar-refractivity contribution < 1.29 is 90.2 Å². The van der Waals surface area contributed by atoms with Gasteiger partial charge in [0.2, 0.25) is 5.91 Å². The van der Waals surface area contributed by atoms with Crippen LogP contribution in [0.15, 0.2) is 195 Å². The Morgan fingerprint density at radius 2 is 0.773 bits per heavy atom. The van der Waals surface area contributed by atoms with Crippen LogP contribution < -0.4 is 5.32 Å². The lowest BCUT2D eigenvalue weighted by atomic mass is 9.92. The predicted molar refractivity (Wildman–Crippen MR) is 357 cm³/mol. The lowest BCUT2D eigenvalue weighted by Gasteiger charge is -2.52. The molecule has 15 atom stereocenters. The molecule has 20 nitrogen and oxygen atoms in total. The van der Waals surface area contributed by atoms with E-state index in [1.54, 1.807) is 47.6 Å². The molecule has 0 saturated carbocycles. The lowest BCUT2D eigenvalue weighted by molar-refractivity contribution is -0.375. The van der Waals surface area contributed by atoms with E-state index in [0.717, 1.165) is 33.4 Å². The third-order valence-corrected chi connectivity index (χ3v) is 16.2. The fourth-order valence-electron chi connectivity index (χ4n) is 11.3. The number of esters is 3. The zero-order chi connectivity index (χ0) is 68.7. The number of ether oxygens (including phenoxy) is 15. The Morgan fingerprint density at radius 3 is 1.19 bits per heavy atom. The number of hydrogen-bond acceptors (Lipinski definition) is 19. The van der Waals surface area contributed by atoms with Crippen molar-refractivity contribution >= 4 is 23.8 Å². The molecular weight excluding hydrogens is 1240 g/mol. The van der Waals surface area contributed by atoms with Crippen LogP contribution in [0.3, 0.4) is 0 Å². The van der Waals surface area contributed by atoms with Gasteiger partial charge in [0.15, 0.2) is 31.1 Å². The van der Waals surface area contributed by atoms with Crippen molar-refractivity contribution in [1.82, 2.24) is 5.32 Å². The minimum absolute atomic E-state index is 0.00936. The molecule has 3 aliphatic heterocycles. The fraction of sp³-hybridized carbons (Fsp3) is 0.455. The van der Waals surface area contributed by atoms with Crippen LogP contribution in [0, 0.1) is 10.8 Å². The zero-order valence-electron chi connectivity index (χ0n) is 56.6. The molecule has 1 N–H and O–H groups in total. The first-order chi connectivity index (χ1) is 46.8. The number of benzene rings is 6. The average molecular weight is 1340 g/mol. The van der Waals surface area contributed by atoms with E-state index in [9.17, 15) is 19.2 Å². The van der Waals surface area contributed by atoms with E-state index in [2.05, 4.69) is 11.9 Å². The summed E-state index contributed by atoms with van der Waals surface area (Å²) in [5, 5.41) is 3.05. The van der Waals surface area contributed by atoms with Gasteiger partial charge in [-0.15, -0.1) is 6.58 Å². The van der Waals surface area contributed by atoms with E-state index in [-0.39, 0.29) is 59.5 Å². The first-order valence-corrected chi connectivity index (χ1v) is 33.0. The van der Waals surface area contributed by atoms with Crippen molar-refractivity contribution in [2.45, 2.75) is 187 Å². The summed E-state index contributed by atoms with van der Waals surface area (Å²) in [5.41, 5.74) is 2.84. The number of rotatable bonds is 32. The SMILES string of the molecule is C=CCO[C@H]1O[C@H](COCc2ccccc2)[C@H](OCc2ccccc2)[C@H](O[C@@H]2O[C@H](COC(=O)C(C)(C)C)[C@H](OC(=O)C(C)(C)C)[C@H](O[C@@H]3O[C@H](COCc4ccccc4)[C@H](OCc4ccccc4)[C@H](OCc4ccccc4)[C@H]3OC(C)=O)[C@H]2NC(C)=O)[C@H]1OCc1ccccc1. The van der Waals surface area contributed by atoms with Gasteiger partial charge in [0, 0.05) is 13.8 Å². The van der Waals surface area contributed by atoms with Crippen LogP contribution in [-0.4, -0.2) is 142 Å². The van der Waals surface area contributed by atoms with E-state index >= 15 is 0 Å². The van der Waals surface area contributed by atoms with Gasteiger partial charge in [-0.3, -0.25) is 19.2 Å². The van der Waals surface area contributed by atoms with E-state index in [1.165, 1.54) is 13.8 Å². The Bertz CT molecular complexity index is 3340. The van der Waals surface area contributed by atoms with Gasteiger partial charge in [0.1, 0.15) is 67.6 Å². The molecule has 6 aromatic carbocycles. The van der Waals surface area contributed by atoms with Crippen molar-refractivity contribution in [2.75, 3.05) is 26.4 Å². The molecule has 3 aliphatic rings. The summed E-state index contributed by atoms with van der Waals surface area (Å²) < 4.78 is 103. The standard InChI is InChI=1S/C77H93NO19/c1-10-41-85-72-69(89-47-58-39-27-16-28-40-58)68(64(87-45-56-35-23-14-24-36-56)60(93-72)49-84-43-54-31-19-12-20-32-54)96-71-62(78-51(2)79)66(65(97-75(82)77(7,8)9)61(92-71)50-90-74(81)76(4,5)6)95-73-70(91-52(3)80)67(88-46-57-37-25-15-26-38-57)63(86-44-55-33-21-13-22-34-55)59(94-73)48-83-42-53-29-17-11-18-30-53/h10-40,59-73H,1,41-50H2,2-9H3,(H,78,79)/t59-,60-,61-,62-,63+,64+,65+,66-,67+,68+,69-,70-,71+,72+,73+/m1/s1. The van der Waals surface area contributed by atoms with E-state index in [0.29, 0.717) is 0 Å². The monoisotopic (exact) mass is 1340 g/mol. The molecule has 9 rings (SSSR count). The Balaban J connectivity index is 1.20. The number of hydrogen-bond donors (Lipinski definition) is 1. The number of amides is 1. The smallest absolute Gasteiger partial charge is 0.311 e. The summed E-state index contributed by atoms with van der Waals surface area (Å²) in [6.07, 6.45) is -16.7. The van der Waals surface area contributed by atoms with Gasteiger partial charge >= 0.3 is 17.9 Å². The third-order valence-electron chi connectivity index (χ3n) is 16.2. The van der Waals surface area contributed by atoms with Crippen LogP contribution >= 0.6 is 0 Å². The van der Waals surface area contributed by atoms with Gasteiger partial charge in [-0.2, -0.15) is 0 Å². The Morgan fingerprint density at radius 1 is 0.402 bits per heavy atom. The topological polar surface area (TPSA) is 219 Å². The van der Waals surface area contributed by atoms with Gasteiger partial charge in [0.25, 0.3) is 0 Å². The number of nitrogens with one attached hydrogen (secondary N) is 1. The predicted octanol–water partition coefficient (Wildman–Crippen LogP) is 10.9. The molecule has 97 heavy (non-hydrogen) atoms. The molecule has 0 unspecified atom stereocenters.